The van der Waals surface area contributed by atoms with Crippen molar-refractivity contribution >= 4 is 18.0 Å². The lowest BCUT2D eigenvalue weighted by Crippen LogP contribution is -2.44. The molecule has 0 aliphatic carbocycles. The Balaban J connectivity index is -0.000000453. The van der Waals surface area contributed by atoms with Crippen LogP contribution in [-0.4, -0.2) is 51.4 Å². The summed E-state index contributed by atoms with van der Waals surface area (Å²) in [6.07, 6.45) is 0.240. The maximum atomic E-state index is 11.4. The van der Waals surface area contributed by atoms with Gasteiger partial charge in [-0.3, -0.25) is 4.79 Å². The number of amides is 1. The fourth-order valence-electron chi connectivity index (χ4n) is 1.75. The Hall–Kier alpha value is -1.87. The summed E-state index contributed by atoms with van der Waals surface area (Å²) in [6.45, 7) is 12.9. The highest BCUT2D eigenvalue weighted by molar-refractivity contribution is 5.80. The quantitative estimate of drug-likeness (QED) is 0.519. The molecule has 9 heteroatoms. The first-order valence-corrected chi connectivity index (χ1v) is 8.36. The first kappa shape index (κ1) is 28.9. The van der Waals surface area contributed by atoms with Crippen molar-refractivity contribution in [1.82, 2.24) is 5.32 Å². The van der Waals surface area contributed by atoms with Gasteiger partial charge in [0.15, 0.2) is 0 Å². The van der Waals surface area contributed by atoms with E-state index in [9.17, 15) is 14.4 Å². The minimum Gasteiger partial charge on any atom is -0.480 e. The van der Waals surface area contributed by atoms with Gasteiger partial charge in [0.1, 0.15) is 17.7 Å². The number of aliphatic carboxylic acids is 2. The molecule has 0 bridgehead atoms. The van der Waals surface area contributed by atoms with Crippen molar-refractivity contribution in [3.8, 4) is 0 Å². The Morgan fingerprint density at radius 2 is 1.38 bits per heavy atom. The van der Waals surface area contributed by atoms with Crippen LogP contribution in [0.4, 0.5) is 4.79 Å². The lowest BCUT2D eigenvalue weighted by Gasteiger charge is -2.22. The van der Waals surface area contributed by atoms with E-state index in [2.05, 4.69) is 5.32 Å². The minimum absolute atomic E-state index is 0. The van der Waals surface area contributed by atoms with Crippen molar-refractivity contribution in [2.24, 2.45) is 17.6 Å². The molecule has 0 rings (SSSR count). The van der Waals surface area contributed by atoms with E-state index in [1.807, 2.05) is 27.7 Å². The molecule has 0 aromatic carbocycles. The molecule has 0 aromatic heterocycles. The standard InChI is InChI=1S/C11H21NO4.C6H13NO2.H2O/c1-7(2)6-8(9(13)14)12-10(15)16-11(3,4)5;1-4(2)3-5(7)6(8)9;/h7-8H,6H2,1-5H3,(H,12,15)(H,13,14);4-5H,3,7H2,1-2H3,(H,8,9);1H2/t8-;;/m0../s1. The molecule has 0 aliphatic heterocycles. The number of nitrogens with two attached hydrogens (primary N) is 1. The second-order valence-electron chi connectivity index (χ2n) is 7.74. The van der Waals surface area contributed by atoms with Gasteiger partial charge in [-0.2, -0.15) is 0 Å². The number of carbonyl (C=O) groups excluding carboxylic acids is 1. The van der Waals surface area contributed by atoms with E-state index in [-0.39, 0.29) is 11.4 Å². The fourth-order valence-corrected chi connectivity index (χ4v) is 1.75. The van der Waals surface area contributed by atoms with Crippen molar-refractivity contribution in [2.75, 3.05) is 0 Å². The SMILES string of the molecule is CC(C)CC(N)C(=O)O.CC(C)C[C@H](NC(=O)OC(C)(C)C)C(=O)O.O. The Bertz CT molecular complexity index is 431. The molecule has 2 atom stereocenters. The second-order valence-corrected chi connectivity index (χ2v) is 7.74. The largest absolute Gasteiger partial charge is 0.480 e. The molecule has 9 nitrogen and oxygen atoms in total. The van der Waals surface area contributed by atoms with Gasteiger partial charge in [-0.25, -0.2) is 9.59 Å². The van der Waals surface area contributed by atoms with E-state index in [1.165, 1.54) is 0 Å². The zero-order valence-corrected chi connectivity index (χ0v) is 16.8. The van der Waals surface area contributed by atoms with Gasteiger partial charge in [-0.05, 0) is 45.4 Å². The summed E-state index contributed by atoms with van der Waals surface area (Å²) in [6, 6.07) is -1.58. The van der Waals surface area contributed by atoms with Crippen molar-refractivity contribution in [2.45, 2.75) is 79.0 Å². The second kappa shape index (κ2) is 13.3. The third-order valence-electron chi connectivity index (χ3n) is 2.74. The molecule has 0 spiro atoms. The van der Waals surface area contributed by atoms with E-state index in [0.717, 1.165) is 0 Å². The van der Waals surface area contributed by atoms with Gasteiger partial charge in [0.25, 0.3) is 0 Å². The van der Waals surface area contributed by atoms with Crippen LogP contribution in [0.5, 0.6) is 0 Å². The van der Waals surface area contributed by atoms with Crippen LogP contribution in [0.2, 0.25) is 0 Å². The number of rotatable bonds is 7. The van der Waals surface area contributed by atoms with Crippen LogP contribution in [0.3, 0.4) is 0 Å². The summed E-state index contributed by atoms with van der Waals surface area (Å²) in [5.41, 5.74) is 4.60. The normalized spacial score (nSPS) is 13.0. The van der Waals surface area contributed by atoms with Crippen LogP contribution in [0, 0.1) is 11.8 Å². The number of carboxylic acid groups (broad SMARTS) is 2. The highest BCUT2D eigenvalue weighted by Gasteiger charge is 2.24. The number of nitrogens with one attached hydrogen (secondary N) is 1. The molecule has 0 aliphatic rings. The van der Waals surface area contributed by atoms with Gasteiger partial charge in [0.2, 0.25) is 0 Å². The molecular formula is C17H36N2O7. The predicted molar refractivity (Wildman–Crippen MR) is 98.9 cm³/mol. The van der Waals surface area contributed by atoms with Gasteiger partial charge >= 0.3 is 18.0 Å². The number of carbonyl (C=O) groups is 3. The number of carboxylic acids is 2. The number of hydrogen-bond acceptors (Lipinski definition) is 5. The van der Waals surface area contributed by atoms with Crippen molar-refractivity contribution < 1.29 is 34.8 Å². The van der Waals surface area contributed by atoms with Crippen molar-refractivity contribution in [1.29, 1.82) is 0 Å². The van der Waals surface area contributed by atoms with Gasteiger partial charge in [-0.1, -0.05) is 27.7 Å². The Morgan fingerprint density at radius 3 is 1.62 bits per heavy atom. The zero-order chi connectivity index (χ0) is 20.4. The van der Waals surface area contributed by atoms with Crippen molar-refractivity contribution in [3.63, 3.8) is 0 Å². The monoisotopic (exact) mass is 380 g/mol. The molecule has 26 heavy (non-hydrogen) atoms. The van der Waals surface area contributed by atoms with Crippen molar-refractivity contribution in [3.05, 3.63) is 0 Å². The summed E-state index contributed by atoms with van der Waals surface area (Å²) in [4.78, 5) is 32.3. The maximum Gasteiger partial charge on any atom is 0.408 e. The molecule has 0 heterocycles. The average molecular weight is 380 g/mol. The smallest absolute Gasteiger partial charge is 0.408 e. The Kier molecular flexibility index (Phi) is 14.8. The first-order valence-electron chi connectivity index (χ1n) is 8.36. The zero-order valence-electron chi connectivity index (χ0n) is 16.8. The Morgan fingerprint density at radius 1 is 0.962 bits per heavy atom. The molecule has 0 saturated carbocycles. The van der Waals surface area contributed by atoms with Gasteiger partial charge in [-0.15, -0.1) is 0 Å². The van der Waals surface area contributed by atoms with E-state index in [1.54, 1.807) is 20.8 Å². The molecule has 156 valence electrons. The molecule has 0 aromatic rings. The van der Waals surface area contributed by atoms with E-state index in [0.29, 0.717) is 18.8 Å². The summed E-state index contributed by atoms with van der Waals surface area (Å²) < 4.78 is 4.99. The third-order valence-corrected chi connectivity index (χ3v) is 2.74. The summed E-state index contributed by atoms with van der Waals surface area (Å²) in [5.74, 6) is -1.41. The van der Waals surface area contributed by atoms with E-state index >= 15 is 0 Å². The number of hydrogen-bond donors (Lipinski definition) is 4. The van der Waals surface area contributed by atoms with Crippen LogP contribution in [-0.2, 0) is 14.3 Å². The van der Waals surface area contributed by atoms with Gasteiger partial charge < -0.3 is 31.5 Å². The molecular weight excluding hydrogens is 344 g/mol. The highest BCUT2D eigenvalue weighted by atomic mass is 16.6. The van der Waals surface area contributed by atoms with Gasteiger partial charge in [0.05, 0.1) is 0 Å². The molecule has 1 unspecified atom stereocenters. The number of alkyl carbamates (subject to hydrolysis) is 1. The number of ether oxygens (including phenoxy) is 1. The summed E-state index contributed by atoms with van der Waals surface area (Å²) >= 11 is 0. The van der Waals surface area contributed by atoms with E-state index in [4.69, 9.17) is 20.7 Å². The van der Waals surface area contributed by atoms with Crippen LogP contribution >= 0.6 is 0 Å². The summed E-state index contributed by atoms with van der Waals surface area (Å²) in [7, 11) is 0. The molecule has 7 N–H and O–H groups in total. The lowest BCUT2D eigenvalue weighted by atomic mass is 10.0. The lowest BCUT2D eigenvalue weighted by molar-refractivity contribution is -0.140. The van der Waals surface area contributed by atoms with Crippen LogP contribution in [0.15, 0.2) is 0 Å². The minimum atomic E-state index is -1.04. The molecule has 0 radical (unpaired) electrons. The summed E-state index contributed by atoms with van der Waals surface area (Å²) in [5, 5.41) is 19.5. The fraction of sp³-hybridized carbons (Fsp3) is 0.824. The Labute approximate surface area is 155 Å². The van der Waals surface area contributed by atoms with E-state index < -0.39 is 35.7 Å². The third kappa shape index (κ3) is 18.5. The van der Waals surface area contributed by atoms with Crippen LogP contribution in [0.25, 0.3) is 0 Å². The first-order chi connectivity index (χ1) is 11.2. The maximum absolute atomic E-state index is 11.4. The van der Waals surface area contributed by atoms with Gasteiger partial charge in [0, 0.05) is 0 Å². The molecule has 0 fully saturated rings. The highest BCUT2D eigenvalue weighted by Crippen LogP contribution is 2.09. The predicted octanol–water partition coefficient (Wildman–Crippen LogP) is 1.63. The average Bonchev–Trinajstić information content (AvgIpc) is 2.34. The van der Waals surface area contributed by atoms with Crippen LogP contribution in [0.1, 0.15) is 61.3 Å². The topological polar surface area (TPSA) is 170 Å². The molecule has 0 saturated heterocycles. The van der Waals surface area contributed by atoms with Crippen LogP contribution < -0.4 is 11.1 Å². The molecule has 1 amide bonds.